The van der Waals surface area contributed by atoms with E-state index in [1.807, 2.05) is 0 Å². The SMILES string of the molecule is CC(C)(C)OC(=O)NC1COc2ccccc2N(CC(=O)O)C1=O. The summed E-state index contributed by atoms with van der Waals surface area (Å²) in [7, 11) is 0. The predicted octanol–water partition coefficient (Wildman–Crippen LogP) is 1.39. The Balaban J connectivity index is 2.23. The molecule has 24 heavy (non-hydrogen) atoms. The molecule has 2 rings (SSSR count). The summed E-state index contributed by atoms with van der Waals surface area (Å²) in [5.41, 5.74) is -0.374. The van der Waals surface area contributed by atoms with Crippen molar-refractivity contribution in [1.29, 1.82) is 0 Å². The summed E-state index contributed by atoms with van der Waals surface area (Å²) in [5, 5.41) is 11.5. The van der Waals surface area contributed by atoms with Gasteiger partial charge in [0.1, 0.15) is 30.5 Å². The van der Waals surface area contributed by atoms with E-state index in [-0.39, 0.29) is 6.61 Å². The largest absolute Gasteiger partial charge is 0.489 e. The van der Waals surface area contributed by atoms with Crippen molar-refractivity contribution in [2.45, 2.75) is 32.4 Å². The van der Waals surface area contributed by atoms with E-state index in [4.69, 9.17) is 14.6 Å². The van der Waals surface area contributed by atoms with Crippen LogP contribution in [0.2, 0.25) is 0 Å². The first-order chi connectivity index (χ1) is 11.2. The summed E-state index contributed by atoms with van der Waals surface area (Å²) < 4.78 is 10.7. The molecule has 0 aromatic heterocycles. The number of fused-ring (bicyclic) bond motifs is 1. The summed E-state index contributed by atoms with van der Waals surface area (Å²) in [6.07, 6.45) is -0.773. The quantitative estimate of drug-likeness (QED) is 0.864. The minimum atomic E-state index is -1.17. The van der Waals surface area contributed by atoms with Gasteiger partial charge < -0.3 is 19.9 Å². The maximum Gasteiger partial charge on any atom is 0.408 e. The first-order valence-electron chi connectivity index (χ1n) is 7.42. The van der Waals surface area contributed by atoms with Gasteiger partial charge in [-0.15, -0.1) is 0 Å². The Hall–Kier alpha value is -2.77. The van der Waals surface area contributed by atoms with E-state index >= 15 is 0 Å². The Morgan fingerprint density at radius 1 is 1.38 bits per heavy atom. The van der Waals surface area contributed by atoms with Gasteiger partial charge in [-0.05, 0) is 32.9 Å². The van der Waals surface area contributed by atoms with Crippen LogP contribution in [0.1, 0.15) is 20.8 Å². The van der Waals surface area contributed by atoms with Crippen LogP contribution in [-0.4, -0.2) is 47.9 Å². The molecule has 130 valence electrons. The van der Waals surface area contributed by atoms with Gasteiger partial charge in [-0.1, -0.05) is 12.1 Å². The van der Waals surface area contributed by atoms with Gasteiger partial charge in [0.05, 0.1) is 5.69 Å². The Kier molecular flexibility index (Phi) is 4.96. The van der Waals surface area contributed by atoms with Crippen molar-refractivity contribution in [1.82, 2.24) is 5.32 Å². The lowest BCUT2D eigenvalue weighted by atomic mass is 10.2. The Morgan fingerprint density at radius 3 is 2.67 bits per heavy atom. The number of carbonyl (C=O) groups is 3. The van der Waals surface area contributed by atoms with Crippen LogP contribution in [0.25, 0.3) is 0 Å². The molecule has 0 bridgehead atoms. The zero-order valence-electron chi connectivity index (χ0n) is 13.7. The van der Waals surface area contributed by atoms with Gasteiger partial charge in [0.2, 0.25) is 0 Å². The van der Waals surface area contributed by atoms with E-state index in [2.05, 4.69) is 5.32 Å². The van der Waals surface area contributed by atoms with Crippen molar-refractivity contribution in [3.8, 4) is 5.75 Å². The standard InChI is InChI=1S/C16H20N2O6/c1-16(2,3)24-15(22)17-10-9-23-12-7-5-4-6-11(12)18(14(10)21)8-13(19)20/h4-7,10H,8-9H2,1-3H3,(H,17,22)(H,19,20). The van der Waals surface area contributed by atoms with Crippen LogP contribution in [0.5, 0.6) is 5.75 Å². The van der Waals surface area contributed by atoms with Gasteiger partial charge in [0.15, 0.2) is 0 Å². The number of nitrogens with zero attached hydrogens (tertiary/aromatic N) is 1. The number of hydrogen-bond donors (Lipinski definition) is 2. The van der Waals surface area contributed by atoms with Crippen molar-refractivity contribution in [2.75, 3.05) is 18.1 Å². The van der Waals surface area contributed by atoms with Gasteiger partial charge in [-0.2, -0.15) is 0 Å². The minimum Gasteiger partial charge on any atom is -0.489 e. The van der Waals surface area contributed by atoms with Crippen LogP contribution >= 0.6 is 0 Å². The average molecular weight is 336 g/mol. The number of alkyl carbamates (subject to hydrolysis) is 1. The van der Waals surface area contributed by atoms with Crippen LogP contribution in [0.3, 0.4) is 0 Å². The molecule has 0 fully saturated rings. The number of para-hydroxylation sites is 2. The first-order valence-corrected chi connectivity index (χ1v) is 7.42. The molecule has 1 heterocycles. The molecule has 2 N–H and O–H groups in total. The number of nitrogens with one attached hydrogen (secondary N) is 1. The van der Waals surface area contributed by atoms with Crippen LogP contribution in [0.15, 0.2) is 24.3 Å². The molecular formula is C16H20N2O6. The third-order valence-electron chi connectivity index (χ3n) is 3.11. The van der Waals surface area contributed by atoms with Crippen LogP contribution in [0, 0.1) is 0 Å². The van der Waals surface area contributed by atoms with Gasteiger partial charge in [0, 0.05) is 0 Å². The molecule has 1 aliphatic rings. The fraction of sp³-hybridized carbons (Fsp3) is 0.438. The molecule has 0 saturated carbocycles. The van der Waals surface area contributed by atoms with E-state index in [1.54, 1.807) is 45.0 Å². The maximum atomic E-state index is 12.7. The molecule has 8 heteroatoms. The lowest BCUT2D eigenvalue weighted by molar-refractivity contribution is -0.136. The zero-order valence-corrected chi connectivity index (χ0v) is 13.7. The number of benzene rings is 1. The number of amides is 2. The molecule has 1 aliphatic heterocycles. The summed E-state index contributed by atoms with van der Waals surface area (Å²) in [6, 6.07) is 5.56. The monoisotopic (exact) mass is 336 g/mol. The maximum absolute atomic E-state index is 12.7. The summed E-state index contributed by atoms with van der Waals surface area (Å²) in [4.78, 5) is 36.7. The third kappa shape index (κ3) is 4.37. The minimum absolute atomic E-state index is 0.120. The number of hydrogen-bond acceptors (Lipinski definition) is 5. The second kappa shape index (κ2) is 6.77. The fourth-order valence-electron chi connectivity index (χ4n) is 2.21. The Bertz CT molecular complexity index is 652. The highest BCUT2D eigenvalue weighted by Gasteiger charge is 2.34. The van der Waals surface area contributed by atoms with Gasteiger partial charge in [0.25, 0.3) is 5.91 Å². The molecule has 0 spiro atoms. The topological polar surface area (TPSA) is 105 Å². The number of carboxylic acid groups (broad SMARTS) is 1. The number of carboxylic acids is 1. The molecular weight excluding hydrogens is 316 g/mol. The molecule has 1 unspecified atom stereocenters. The molecule has 2 amide bonds. The van der Waals surface area contributed by atoms with Crippen molar-refractivity contribution in [3.05, 3.63) is 24.3 Å². The molecule has 0 saturated heterocycles. The number of rotatable bonds is 3. The number of anilines is 1. The van der Waals surface area contributed by atoms with Gasteiger partial charge in [-0.25, -0.2) is 4.79 Å². The summed E-state index contributed by atoms with van der Waals surface area (Å²) in [5.74, 6) is -1.37. The number of ether oxygens (including phenoxy) is 2. The first kappa shape index (κ1) is 17.6. The number of carbonyl (C=O) groups excluding carboxylic acids is 2. The number of aliphatic carboxylic acids is 1. The normalized spacial score (nSPS) is 17.4. The zero-order chi connectivity index (χ0) is 17.9. The van der Waals surface area contributed by atoms with Gasteiger partial charge >= 0.3 is 12.1 Å². The second-order valence-corrected chi connectivity index (χ2v) is 6.30. The van der Waals surface area contributed by atoms with Crippen LogP contribution < -0.4 is 15.0 Å². The molecule has 1 aromatic carbocycles. The Labute approximate surface area is 139 Å². The lowest BCUT2D eigenvalue weighted by Gasteiger charge is -2.25. The smallest absolute Gasteiger partial charge is 0.408 e. The highest BCUT2D eigenvalue weighted by molar-refractivity contribution is 6.03. The molecule has 1 atom stereocenters. The second-order valence-electron chi connectivity index (χ2n) is 6.30. The fourth-order valence-corrected chi connectivity index (χ4v) is 2.21. The lowest BCUT2D eigenvalue weighted by Crippen LogP contribution is -2.52. The molecule has 0 aliphatic carbocycles. The van der Waals surface area contributed by atoms with E-state index in [9.17, 15) is 14.4 Å². The van der Waals surface area contributed by atoms with E-state index in [1.165, 1.54) is 0 Å². The van der Waals surface area contributed by atoms with Crippen LogP contribution in [-0.2, 0) is 14.3 Å². The highest BCUT2D eigenvalue weighted by Crippen LogP contribution is 2.30. The van der Waals surface area contributed by atoms with Crippen molar-refractivity contribution >= 4 is 23.7 Å². The van der Waals surface area contributed by atoms with E-state index in [0.29, 0.717) is 11.4 Å². The molecule has 0 radical (unpaired) electrons. The van der Waals surface area contributed by atoms with E-state index in [0.717, 1.165) is 4.90 Å². The molecule has 8 nitrogen and oxygen atoms in total. The van der Waals surface area contributed by atoms with E-state index < -0.39 is 36.2 Å². The summed E-state index contributed by atoms with van der Waals surface area (Å²) in [6.45, 7) is 4.44. The average Bonchev–Trinajstić information content (AvgIpc) is 2.57. The Morgan fingerprint density at radius 2 is 2.04 bits per heavy atom. The molecule has 1 aromatic rings. The van der Waals surface area contributed by atoms with Crippen molar-refractivity contribution < 1.29 is 29.0 Å². The van der Waals surface area contributed by atoms with Crippen molar-refractivity contribution in [2.24, 2.45) is 0 Å². The van der Waals surface area contributed by atoms with Crippen LogP contribution in [0.4, 0.5) is 10.5 Å². The highest BCUT2D eigenvalue weighted by atomic mass is 16.6. The van der Waals surface area contributed by atoms with Crippen molar-refractivity contribution in [3.63, 3.8) is 0 Å². The third-order valence-corrected chi connectivity index (χ3v) is 3.11. The summed E-state index contributed by atoms with van der Waals surface area (Å²) >= 11 is 0. The van der Waals surface area contributed by atoms with Gasteiger partial charge in [-0.3, -0.25) is 14.5 Å². The predicted molar refractivity (Wildman–Crippen MR) is 85.1 cm³/mol.